The van der Waals surface area contributed by atoms with Crippen LogP contribution in [0.25, 0.3) is 0 Å². The SMILES string of the molecule is C/C=C(F)/C=C\C(OC)=C(/C)C(=O)Oc1ccccc1. The third kappa shape index (κ3) is 4.72. The lowest BCUT2D eigenvalue weighted by atomic mass is 10.2. The minimum absolute atomic E-state index is 0.253. The molecule has 0 N–H and O–H groups in total. The van der Waals surface area contributed by atoms with Gasteiger partial charge in [-0.1, -0.05) is 24.3 Å². The van der Waals surface area contributed by atoms with Crippen LogP contribution in [0.5, 0.6) is 5.75 Å². The Morgan fingerprint density at radius 3 is 2.40 bits per heavy atom. The number of hydrogen-bond donors (Lipinski definition) is 0. The third-order valence-corrected chi connectivity index (χ3v) is 2.52. The predicted molar refractivity (Wildman–Crippen MR) is 75.8 cm³/mol. The molecule has 0 saturated carbocycles. The highest BCUT2D eigenvalue weighted by atomic mass is 19.1. The Kier molecular flexibility index (Phi) is 6.23. The molecule has 0 spiro atoms. The maximum Gasteiger partial charge on any atom is 0.342 e. The van der Waals surface area contributed by atoms with Crippen molar-refractivity contribution in [3.8, 4) is 5.75 Å². The number of carbonyl (C=O) groups excluding carboxylic acids is 1. The maximum atomic E-state index is 13.0. The zero-order valence-electron chi connectivity index (χ0n) is 11.7. The lowest BCUT2D eigenvalue weighted by Crippen LogP contribution is -2.11. The van der Waals surface area contributed by atoms with Crippen molar-refractivity contribution in [3.63, 3.8) is 0 Å². The van der Waals surface area contributed by atoms with Gasteiger partial charge in [-0.25, -0.2) is 9.18 Å². The van der Waals surface area contributed by atoms with Crippen molar-refractivity contribution in [3.05, 3.63) is 65.7 Å². The number of ether oxygens (including phenoxy) is 2. The molecule has 106 valence electrons. The van der Waals surface area contributed by atoms with Crippen LogP contribution in [0.4, 0.5) is 4.39 Å². The largest absolute Gasteiger partial charge is 0.496 e. The predicted octanol–water partition coefficient (Wildman–Crippen LogP) is 3.94. The van der Waals surface area contributed by atoms with Crippen molar-refractivity contribution in [2.24, 2.45) is 0 Å². The summed E-state index contributed by atoms with van der Waals surface area (Å²) in [6.07, 6.45) is 3.91. The van der Waals surface area contributed by atoms with Gasteiger partial charge in [-0.2, -0.15) is 0 Å². The van der Waals surface area contributed by atoms with E-state index in [4.69, 9.17) is 9.47 Å². The van der Waals surface area contributed by atoms with Crippen LogP contribution in [0.3, 0.4) is 0 Å². The van der Waals surface area contributed by atoms with Crippen LogP contribution >= 0.6 is 0 Å². The minimum Gasteiger partial charge on any atom is -0.496 e. The molecule has 20 heavy (non-hydrogen) atoms. The van der Waals surface area contributed by atoms with Crippen LogP contribution in [0, 0.1) is 0 Å². The Hall–Kier alpha value is -2.36. The normalized spacial score (nSPS) is 13.1. The average molecular weight is 276 g/mol. The fourth-order valence-electron chi connectivity index (χ4n) is 1.37. The van der Waals surface area contributed by atoms with E-state index in [0.29, 0.717) is 5.75 Å². The van der Waals surface area contributed by atoms with Gasteiger partial charge in [0, 0.05) is 0 Å². The van der Waals surface area contributed by atoms with Gasteiger partial charge in [0.1, 0.15) is 17.3 Å². The fraction of sp³-hybridized carbons (Fsp3) is 0.188. The molecule has 0 heterocycles. The van der Waals surface area contributed by atoms with Crippen LogP contribution in [0.2, 0.25) is 0 Å². The first-order valence-electron chi connectivity index (χ1n) is 6.10. The summed E-state index contributed by atoms with van der Waals surface area (Å²) in [6, 6.07) is 8.70. The summed E-state index contributed by atoms with van der Waals surface area (Å²) in [4.78, 5) is 11.9. The summed E-state index contributed by atoms with van der Waals surface area (Å²) in [7, 11) is 1.41. The van der Waals surface area contributed by atoms with Crippen LogP contribution < -0.4 is 4.74 Å². The molecule has 0 aliphatic carbocycles. The highest BCUT2D eigenvalue weighted by Crippen LogP contribution is 2.14. The zero-order chi connectivity index (χ0) is 15.0. The molecule has 1 aromatic rings. The van der Waals surface area contributed by atoms with Gasteiger partial charge in [-0.3, -0.25) is 0 Å². The highest BCUT2D eigenvalue weighted by Gasteiger charge is 2.12. The smallest absolute Gasteiger partial charge is 0.342 e. The van der Waals surface area contributed by atoms with Crippen molar-refractivity contribution in [1.29, 1.82) is 0 Å². The second-order valence-corrected chi connectivity index (χ2v) is 3.90. The number of rotatable bonds is 5. The zero-order valence-corrected chi connectivity index (χ0v) is 11.7. The van der Waals surface area contributed by atoms with Gasteiger partial charge in [0.15, 0.2) is 0 Å². The summed E-state index contributed by atoms with van der Waals surface area (Å²) in [6.45, 7) is 3.13. The molecule has 0 aromatic heterocycles. The third-order valence-electron chi connectivity index (χ3n) is 2.52. The molecule has 0 bridgehead atoms. The molecule has 0 aliphatic rings. The van der Waals surface area contributed by atoms with Gasteiger partial charge in [-0.15, -0.1) is 0 Å². The molecule has 0 saturated heterocycles. The number of methoxy groups -OCH3 is 1. The molecular formula is C16H17FO3. The summed E-state index contributed by atoms with van der Waals surface area (Å²) < 4.78 is 23.3. The molecule has 0 fully saturated rings. The molecule has 0 amide bonds. The molecule has 1 aromatic carbocycles. The van der Waals surface area contributed by atoms with Gasteiger partial charge in [0.05, 0.1) is 12.7 Å². The average Bonchev–Trinajstić information content (AvgIpc) is 2.48. The van der Waals surface area contributed by atoms with Crippen molar-refractivity contribution < 1.29 is 18.7 Å². The number of hydrogen-bond acceptors (Lipinski definition) is 3. The Morgan fingerprint density at radius 2 is 1.85 bits per heavy atom. The highest BCUT2D eigenvalue weighted by molar-refractivity contribution is 5.90. The number of para-hydroxylation sites is 1. The molecular weight excluding hydrogens is 259 g/mol. The first-order valence-corrected chi connectivity index (χ1v) is 6.10. The lowest BCUT2D eigenvalue weighted by molar-refractivity contribution is -0.130. The van der Waals surface area contributed by atoms with Gasteiger partial charge in [0.2, 0.25) is 0 Å². The Morgan fingerprint density at radius 1 is 1.20 bits per heavy atom. The lowest BCUT2D eigenvalue weighted by Gasteiger charge is -2.07. The van der Waals surface area contributed by atoms with E-state index in [0.717, 1.165) is 0 Å². The molecule has 3 nitrogen and oxygen atoms in total. The quantitative estimate of drug-likeness (QED) is 0.269. The van der Waals surface area contributed by atoms with Gasteiger partial charge in [0.25, 0.3) is 0 Å². The standard InChI is InChI=1S/C16H17FO3/c1-4-13(17)10-11-15(19-3)12(2)16(18)20-14-8-6-5-7-9-14/h4-11H,1-3H3/b11-10-,13-4-,15-12-. The number of carbonyl (C=O) groups is 1. The summed E-state index contributed by atoms with van der Waals surface area (Å²) in [5.41, 5.74) is 0.261. The van der Waals surface area contributed by atoms with E-state index >= 15 is 0 Å². The molecule has 0 unspecified atom stereocenters. The van der Waals surface area contributed by atoms with E-state index in [-0.39, 0.29) is 11.3 Å². The summed E-state index contributed by atoms with van der Waals surface area (Å²) in [5.74, 6) is -0.263. The van der Waals surface area contributed by atoms with Crippen LogP contribution in [-0.2, 0) is 9.53 Å². The molecule has 0 radical (unpaired) electrons. The number of allylic oxidation sites excluding steroid dienone is 4. The van der Waals surface area contributed by atoms with Gasteiger partial charge < -0.3 is 9.47 Å². The van der Waals surface area contributed by atoms with Crippen molar-refractivity contribution in [2.45, 2.75) is 13.8 Å². The Balaban J connectivity index is 2.88. The van der Waals surface area contributed by atoms with E-state index in [1.54, 1.807) is 38.1 Å². The van der Waals surface area contributed by atoms with Gasteiger partial charge in [-0.05, 0) is 38.1 Å². The molecule has 4 heteroatoms. The molecule has 1 rings (SSSR count). The van der Waals surface area contributed by atoms with Crippen LogP contribution in [0.15, 0.2) is 65.7 Å². The van der Waals surface area contributed by atoms with E-state index in [2.05, 4.69) is 0 Å². The van der Waals surface area contributed by atoms with Crippen LogP contribution in [0.1, 0.15) is 13.8 Å². The van der Waals surface area contributed by atoms with Crippen molar-refractivity contribution >= 4 is 5.97 Å². The first-order chi connectivity index (χ1) is 9.58. The van der Waals surface area contributed by atoms with E-state index in [1.807, 2.05) is 6.07 Å². The Labute approximate surface area is 118 Å². The number of halogens is 1. The fourth-order valence-corrected chi connectivity index (χ4v) is 1.37. The maximum absolute atomic E-state index is 13.0. The van der Waals surface area contributed by atoms with Crippen LogP contribution in [-0.4, -0.2) is 13.1 Å². The second-order valence-electron chi connectivity index (χ2n) is 3.90. The Bertz CT molecular complexity index is 542. The summed E-state index contributed by atoms with van der Waals surface area (Å²) in [5, 5.41) is 0. The molecule has 0 atom stereocenters. The topological polar surface area (TPSA) is 35.5 Å². The number of benzene rings is 1. The molecule has 0 aliphatic heterocycles. The minimum atomic E-state index is -0.543. The van der Waals surface area contributed by atoms with E-state index in [9.17, 15) is 9.18 Å². The summed E-state index contributed by atoms with van der Waals surface area (Å²) >= 11 is 0. The first kappa shape index (κ1) is 15.7. The van der Waals surface area contributed by atoms with Crippen molar-refractivity contribution in [1.82, 2.24) is 0 Å². The number of esters is 1. The monoisotopic (exact) mass is 276 g/mol. The van der Waals surface area contributed by atoms with Gasteiger partial charge >= 0.3 is 5.97 Å². The second kappa shape index (κ2) is 7.94. The van der Waals surface area contributed by atoms with E-state index < -0.39 is 11.8 Å². The van der Waals surface area contributed by atoms with E-state index in [1.165, 1.54) is 25.3 Å². The van der Waals surface area contributed by atoms with Crippen molar-refractivity contribution in [2.75, 3.05) is 7.11 Å².